The number of benzene rings is 2. The van der Waals surface area contributed by atoms with Gasteiger partial charge in [0.25, 0.3) is 0 Å². The maximum atomic E-state index is 13.2. The molecule has 1 N–H and O–H groups in total. The number of rotatable bonds is 7. The van der Waals surface area contributed by atoms with Gasteiger partial charge in [-0.2, -0.15) is 0 Å². The molecule has 4 rings (SSSR count). The summed E-state index contributed by atoms with van der Waals surface area (Å²) in [5.41, 5.74) is 3.18. The van der Waals surface area contributed by atoms with E-state index in [2.05, 4.69) is 51.1 Å². The Balaban J connectivity index is 1.45. The Morgan fingerprint density at radius 2 is 1.97 bits per heavy atom. The lowest BCUT2D eigenvalue weighted by Gasteiger charge is -2.34. The summed E-state index contributed by atoms with van der Waals surface area (Å²) in [6, 6.07) is 18.4. The highest BCUT2D eigenvalue weighted by molar-refractivity contribution is 5.80. The largest absolute Gasteiger partial charge is 0.342 e. The number of piperidine rings is 1. The smallest absolute Gasteiger partial charge is 0.230 e. The van der Waals surface area contributed by atoms with Gasteiger partial charge in [-0.15, -0.1) is 0 Å². The number of aromatic nitrogens is 2. The number of carbonyl (C=O) groups is 1. The number of hydrogen-bond donors (Lipinski definition) is 1. The molecule has 0 saturated carbocycles. The maximum absolute atomic E-state index is 13.2. The average molecular weight is 391 g/mol. The minimum absolute atomic E-state index is 0.160. The summed E-state index contributed by atoms with van der Waals surface area (Å²) in [4.78, 5) is 25.6. The average Bonchev–Trinajstić information content (AvgIpc) is 3.14. The number of likely N-dealkylation sites (tertiary alicyclic amines) is 1. The van der Waals surface area contributed by atoms with Crippen LogP contribution in [-0.2, 0) is 17.6 Å². The lowest BCUT2D eigenvalue weighted by molar-refractivity contribution is -0.131. The number of nitrogens with one attached hydrogen (secondary N) is 1. The molecule has 1 aliphatic heterocycles. The van der Waals surface area contributed by atoms with E-state index in [0.29, 0.717) is 12.3 Å². The van der Waals surface area contributed by atoms with Crippen LogP contribution in [0.25, 0.3) is 11.0 Å². The standard InChI is InChI=1S/C24H30N4O/c1-27-14-7-10-20(17-27)18-28(15-13-19-8-3-2-4-9-19)24(29)16-23-25-21-11-5-6-12-22(21)26-23/h2-6,8-9,11-12,20H,7,10,13-18H2,1H3,(H,25,26). The quantitative estimate of drug-likeness (QED) is 0.672. The Kier molecular flexibility index (Phi) is 6.25. The van der Waals surface area contributed by atoms with Gasteiger partial charge in [-0.3, -0.25) is 4.79 Å². The van der Waals surface area contributed by atoms with E-state index >= 15 is 0 Å². The van der Waals surface area contributed by atoms with Crippen molar-refractivity contribution in [3.8, 4) is 0 Å². The molecule has 2 heterocycles. The molecule has 0 bridgehead atoms. The highest BCUT2D eigenvalue weighted by Crippen LogP contribution is 2.18. The first-order chi connectivity index (χ1) is 14.2. The van der Waals surface area contributed by atoms with Crippen LogP contribution in [0.5, 0.6) is 0 Å². The van der Waals surface area contributed by atoms with Crippen molar-refractivity contribution >= 4 is 16.9 Å². The Labute approximate surface area is 172 Å². The third kappa shape index (κ3) is 5.24. The fourth-order valence-corrected chi connectivity index (χ4v) is 4.30. The summed E-state index contributed by atoms with van der Waals surface area (Å²) in [6.45, 7) is 3.81. The molecule has 3 aromatic rings. The third-order valence-electron chi connectivity index (χ3n) is 5.82. The summed E-state index contributed by atoms with van der Waals surface area (Å²) < 4.78 is 0. The van der Waals surface area contributed by atoms with Crippen molar-refractivity contribution in [3.63, 3.8) is 0 Å². The minimum Gasteiger partial charge on any atom is -0.342 e. The van der Waals surface area contributed by atoms with E-state index in [9.17, 15) is 4.79 Å². The molecule has 0 spiro atoms. The fraction of sp³-hybridized carbons (Fsp3) is 0.417. The molecule has 1 saturated heterocycles. The second kappa shape index (κ2) is 9.23. The maximum Gasteiger partial charge on any atom is 0.230 e. The van der Waals surface area contributed by atoms with Crippen molar-refractivity contribution < 1.29 is 4.79 Å². The van der Waals surface area contributed by atoms with Gasteiger partial charge in [-0.1, -0.05) is 42.5 Å². The first kappa shape index (κ1) is 19.6. The van der Waals surface area contributed by atoms with Gasteiger partial charge in [0, 0.05) is 19.6 Å². The predicted octanol–water partition coefficient (Wildman–Crippen LogP) is 3.52. The minimum atomic E-state index is 0.160. The molecule has 0 radical (unpaired) electrons. The van der Waals surface area contributed by atoms with Crippen LogP contribution >= 0.6 is 0 Å². The zero-order chi connectivity index (χ0) is 20.1. The highest BCUT2D eigenvalue weighted by atomic mass is 16.2. The van der Waals surface area contributed by atoms with Crippen LogP contribution in [0.4, 0.5) is 0 Å². The van der Waals surface area contributed by atoms with E-state index < -0.39 is 0 Å². The summed E-state index contributed by atoms with van der Waals surface area (Å²) in [7, 11) is 2.18. The summed E-state index contributed by atoms with van der Waals surface area (Å²) in [6.07, 6.45) is 3.62. The highest BCUT2D eigenvalue weighted by Gasteiger charge is 2.23. The molecule has 29 heavy (non-hydrogen) atoms. The van der Waals surface area contributed by atoms with E-state index in [-0.39, 0.29) is 5.91 Å². The number of carbonyl (C=O) groups excluding carboxylic acids is 1. The van der Waals surface area contributed by atoms with Crippen molar-refractivity contribution in [1.29, 1.82) is 0 Å². The topological polar surface area (TPSA) is 52.2 Å². The van der Waals surface area contributed by atoms with E-state index in [1.165, 1.54) is 18.4 Å². The molecule has 1 unspecified atom stereocenters. The molecule has 152 valence electrons. The van der Waals surface area contributed by atoms with Crippen molar-refractivity contribution in [2.45, 2.75) is 25.7 Å². The molecule has 0 aliphatic carbocycles. The number of para-hydroxylation sites is 2. The lowest BCUT2D eigenvalue weighted by atomic mass is 9.97. The summed E-state index contributed by atoms with van der Waals surface area (Å²) in [5.74, 6) is 1.46. The molecule has 5 heteroatoms. The van der Waals surface area contributed by atoms with E-state index in [0.717, 1.165) is 49.5 Å². The number of fused-ring (bicyclic) bond motifs is 1. The molecule has 1 amide bonds. The van der Waals surface area contributed by atoms with Crippen molar-refractivity contribution in [3.05, 3.63) is 66.0 Å². The molecular formula is C24H30N4O. The molecule has 1 atom stereocenters. The van der Waals surface area contributed by atoms with Gasteiger partial charge in [-0.25, -0.2) is 4.98 Å². The number of imidazole rings is 1. The second-order valence-electron chi connectivity index (χ2n) is 8.22. The lowest BCUT2D eigenvalue weighted by Crippen LogP contribution is -2.43. The molecule has 1 aliphatic rings. The molecule has 1 aromatic heterocycles. The number of H-pyrrole nitrogens is 1. The van der Waals surface area contributed by atoms with Crippen LogP contribution in [-0.4, -0.2) is 58.9 Å². The van der Waals surface area contributed by atoms with Gasteiger partial charge in [0.2, 0.25) is 5.91 Å². The van der Waals surface area contributed by atoms with Crippen molar-refractivity contribution in [1.82, 2.24) is 19.8 Å². The van der Waals surface area contributed by atoms with Gasteiger partial charge >= 0.3 is 0 Å². The van der Waals surface area contributed by atoms with Gasteiger partial charge in [0.1, 0.15) is 5.82 Å². The SMILES string of the molecule is CN1CCCC(CN(CCc2ccccc2)C(=O)Cc2nc3ccccc3[nH]2)C1. The molecule has 2 aromatic carbocycles. The van der Waals surface area contributed by atoms with Gasteiger partial charge in [-0.05, 0) is 56.5 Å². The van der Waals surface area contributed by atoms with Crippen LogP contribution in [0.15, 0.2) is 54.6 Å². The van der Waals surface area contributed by atoms with E-state index in [1.54, 1.807) is 0 Å². The fourth-order valence-electron chi connectivity index (χ4n) is 4.30. The van der Waals surface area contributed by atoms with Gasteiger partial charge < -0.3 is 14.8 Å². The zero-order valence-electron chi connectivity index (χ0n) is 17.2. The molecular weight excluding hydrogens is 360 g/mol. The Bertz CT molecular complexity index is 903. The summed E-state index contributed by atoms with van der Waals surface area (Å²) in [5, 5.41) is 0. The van der Waals surface area contributed by atoms with E-state index in [4.69, 9.17) is 0 Å². The first-order valence-electron chi connectivity index (χ1n) is 10.6. The predicted molar refractivity (Wildman–Crippen MR) is 117 cm³/mol. The van der Waals surface area contributed by atoms with Crippen LogP contribution in [0.2, 0.25) is 0 Å². The number of hydrogen-bond acceptors (Lipinski definition) is 3. The van der Waals surface area contributed by atoms with Crippen LogP contribution in [0.1, 0.15) is 24.2 Å². The summed E-state index contributed by atoms with van der Waals surface area (Å²) >= 11 is 0. The first-order valence-corrected chi connectivity index (χ1v) is 10.6. The van der Waals surface area contributed by atoms with Crippen molar-refractivity contribution in [2.75, 3.05) is 33.2 Å². The van der Waals surface area contributed by atoms with Gasteiger partial charge in [0.05, 0.1) is 17.5 Å². The van der Waals surface area contributed by atoms with Gasteiger partial charge in [0.15, 0.2) is 0 Å². The Hall–Kier alpha value is -2.66. The monoisotopic (exact) mass is 390 g/mol. The van der Waals surface area contributed by atoms with E-state index in [1.807, 2.05) is 30.3 Å². The number of aromatic amines is 1. The zero-order valence-corrected chi connectivity index (χ0v) is 17.2. The molecule has 1 fully saturated rings. The normalized spacial score (nSPS) is 17.5. The molecule has 5 nitrogen and oxygen atoms in total. The Morgan fingerprint density at radius 1 is 1.17 bits per heavy atom. The van der Waals surface area contributed by atoms with Crippen LogP contribution in [0.3, 0.4) is 0 Å². The van der Waals surface area contributed by atoms with Crippen LogP contribution < -0.4 is 0 Å². The number of amides is 1. The van der Waals surface area contributed by atoms with Crippen LogP contribution in [0, 0.1) is 5.92 Å². The van der Waals surface area contributed by atoms with Crippen molar-refractivity contribution in [2.24, 2.45) is 5.92 Å². The third-order valence-corrected chi connectivity index (χ3v) is 5.82. The Morgan fingerprint density at radius 3 is 2.76 bits per heavy atom. The second-order valence-corrected chi connectivity index (χ2v) is 8.22. The number of nitrogens with zero attached hydrogens (tertiary/aromatic N) is 3.